The monoisotopic (exact) mass is 327 g/mol. The van der Waals surface area contributed by atoms with Crippen molar-refractivity contribution in [1.29, 1.82) is 0 Å². The average molecular weight is 328 g/mol. The van der Waals surface area contributed by atoms with E-state index in [9.17, 15) is 4.79 Å². The fraction of sp³-hybridized carbons (Fsp3) is 0.385. The van der Waals surface area contributed by atoms with E-state index in [1.165, 1.54) is 0 Å². The van der Waals surface area contributed by atoms with Crippen molar-refractivity contribution in [2.75, 3.05) is 5.32 Å². The molecule has 0 bridgehead atoms. The molecule has 1 aromatic carbocycles. The number of aryl methyl sites for hydroxylation is 1. The summed E-state index contributed by atoms with van der Waals surface area (Å²) in [5.74, 6) is -0.935. The molecule has 0 saturated heterocycles. The Hall–Kier alpha value is -1.56. The maximum Gasteiger partial charge on any atom is 0.235 e. The molecular formula is C13H18BrN3O2. The molecule has 1 amide bonds. The highest BCUT2D eigenvalue weighted by molar-refractivity contribution is 9.10. The molecule has 0 radical (unpaired) electrons. The SMILES string of the molecule is CCCC(C(=O)Nc1ccc(Br)cc1C)C(N)=NO. The Kier molecular flexibility index (Phi) is 5.82. The summed E-state index contributed by atoms with van der Waals surface area (Å²) in [5.41, 5.74) is 7.22. The van der Waals surface area contributed by atoms with Crippen molar-refractivity contribution in [1.82, 2.24) is 0 Å². The number of benzene rings is 1. The minimum absolute atomic E-state index is 0.0610. The van der Waals surface area contributed by atoms with Crippen LogP contribution < -0.4 is 11.1 Å². The standard InChI is InChI=1S/C13H18BrN3O2/c1-3-4-10(12(15)17-19)13(18)16-11-6-5-9(14)7-8(11)2/h5-7,10,19H,3-4H2,1-2H3,(H2,15,17)(H,16,18). The fourth-order valence-electron chi connectivity index (χ4n) is 1.76. The van der Waals surface area contributed by atoms with E-state index in [0.29, 0.717) is 6.42 Å². The number of nitrogens with one attached hydrogen (secondary N) is 1. The zero-order valence-corrected chi connectivity index (χ0v) is 12.6. The van der Waals surface area contributed by atoms with Gasteiger partial charge in [0.25, 0.3) is 0 Å². The molecular weight excluding hydrogens is 310 g/mol. The molecule has 0 heterocycles. The molecule has 0 aromatic heterocycles. The number of amides is 1. The summed E-state index contributed by atoms with van der Waals surface area (Å²) in [6.07, 6.45) is 1.31. The maximum absolute atomic E-state index is 12.1. The van der Waals surface area contributed by atoms with Crippen LogP contribution in [0.25, 0.3) is 0 Å². The summed E-state index contributed by atoms with van der Waals surface area (Å²) in [6, 6.07) is 5.57. The minimum Gasteiger partial charge on any atom is -0.409 e. The van der Waals surface area contributed by atoms with Gasteiger partial charge >= 0.3 is 0 Å². The number of nitrogens with zero attached hydrogens (tertiary/aromatic N) is 1. The zero-order chi connectivity index (χ0) is 14.4. The van der Waals surface area contributed by atoms with Crippen LogP contribution in [0.2, 0.25) is 0 Å². The van der Waals surface area contributed by atoms with E-state index in [4.69, 9.17) is 10.9 Å². The first-order chi connectivity index (χ1) is 8.99. The summed E-state index contributed by atoms with van der Waals surface area (Å²) in [6.45, 7) is 3.84. The van der Waals surface area contributed by atoms with Crippen molar-refractivity contribution in [2.45, 2.75) is 26.7 Å². The Morgan fingerprint density at radius 3 is 2.79 bits per heavy atom. The Bertz CT molecular complexity index is 489. The lowest BCUT2D eigenvalue weighted by Gasteiger charge is -2.15. The number of carbonyl (C=O) groups is 1. The summed E-state index contributed by atoms with van der Waals surface area (Å²) >= 11 is 3.37. The molecule has 0 spiro atoms. The lowest BCUT2D eigenvalue weighted by Crippen LogP contribution is -2.34. The Morgan fingerprint density at radius 2 is 2.26 bits per heavy atom. The lowest BCUT2D eigenvalue weighted by molar-refractivity contribution is -0.118. The van der Waals surface area contributed by atoms with E-state index in [2.05, 4.69) is 26.4 Å². The third-order valence-electron chi connectivity index (χ3n) is 2.81. The molecule has 0 aliphatic carbocycles. The van der Waals surface area contributed by atoms with Gasteiger partial charge in [-0.05, 0) is 37.1 Å². The van der Waals surface area contributed by atoms with Crippen molar-refractivity contribution < 1.29 is 10.0 Å². The molecule has 1 aromatic rings. The average Bonchev–Trinajstić information content (AvgIpc) is 2.38. The number of oxime groups is 1. The van der Waals surface area contributed by atoms with Gasteiger partial charge in [-0.2, -0.15) is 0 Å². The number of hydrogen-bond acceptors (Lipinski definition) is 3. The van der Waals surface area contributed by atoms with Gasteiger partial charge in [0.2, 0.25) is 5.91 Å². The number of nitrogens with two attached hydrogens (primary N) is 1. The highest BCUT2D eigenvalue weighted by Gasteiger charge is 2.22. The van der Waals surface area contributed by atoms with Crippen LogP contribution in [0.5, 0.6) is 0 Å². The first kappa shape index (κ1) is 15.5. The van der Waals surface area contributed by atoms with E-state index in [1.807, 2.05) is 32.0 Å². The molecule has 6 heteroatoms. The highest BCUT2D eigenvalue weighted by Crippen LogP contribution is 2.21. The molecule has 1 rings (SSSR count). The van der Waals surface area contributed by atoms with Gasteiger partial charge in [0, 0.05) is 10.2 Å². The number of anilines is 1. The number of amidine groups is 1. The summed E-state index contributed by atoms with van der Waals surface area (Å²) in [7, 11) is 0. The first-order valence-corrected chi connectivity index (χ1v) is 6.83. The molecule has 0 fully saturated rings. The maximum atomic E-state index is 12.1. The van der Waals surface area contributed by atoms with Crippen molar-refractivity contribution in [3.05, 3.63) is 28.2 Å². The van der Waals surface area contributed by atoms with Crippen molar-refractivity contribution >= 4 is 33.4 Å². The van der Waals surface area contributed by atoms with Crippen LogP contribution in [0.3, 0.4) is 0 Å². The topological polar surface area (TPSA) is 87.7 Å². The Labute approximate surface area is 121 Å². The number of halogens is 1. The van der Waals surface area contributed by atoms with E-state index < -0.39 is 5.92 Å². The lowest BCUT2D eigenvalue weighted by atomic mass is 10.0. The number of carbonyl (C=O) groups excluding carboxylic acids is 1. The zero-order valence-electron chi connectivity index (χ0n) is 11.0. The van der Waals surface area contributed by atoms with E-state index in [-0.39, 0.29) is 11.7 Å². The van der Waals surface area contributed by atoms with Crippen LogP contribution in [-0.2, 0) is 4.79 Å². The van der Waals surface area contributed by atoms with Gasteiger partial charge in [-0.3, -0.25) is 4.79 Å². The van der Waals surface area contributed by atoms with Crippen molar-refractivity contribution in [2.24, 2.45) is 16.8 Å². The molecule has 0 aliphatic rings. The van der Waals surface area contributed by atoms with Gasteiger partial charge < -0.3 is 16.3 Å². The number of rotatable bonds is 5. The Balaban J connectivity index is 2.87. The second kappa shape index (κ2) is 7.13. The largest absolute Gasteiger partial charge is 0.409 e. The second-order valence-electron chi connectivity index (χ2n) is 4.31. The third-order valence-corrected chi connectivity index (χ3v) is 3.31. The van der Waals surface area contributed by atoms with Crippen molar-refractivity contribution in [3.8, 4) is 0 Å². The van der Waals surface area contributed by atoms with Gasteiger partial charge in [-0.15, -0.1) is 0 Å². The third kappa shape index (κ3) is 4.24. The van der Waals surface area contributed by atoms with Gasteiger partial charge in [-0.1, -0.05) is 34.4 Å². The predicted molar refractivity (Wildman–Crippen MR) is 79.3 cm³/mol. The number of hydrogen-bond donors (Lipinski definition) is 3. The van der Waals surface area contributed by atoms with Crippen LogP contribution in [0.1, 0.15) is 25.3 Å². The normalized spacial score (nSPS) is 13.1. The van der Waals surface area contributed by atoms with Crippen LogP contribution in [-0.4, -0.2) is 17.0 Å². The van der Waals surface area contributed by atoms with Crippen LogP contribution in [0.15, 0.2) is 27.8 Å². The van der Waals surface area contributed by atoms with Crippen LogP contribution in [0.4, 0.5) is 5.69 Å². The fourth-order valence-corrected chi connectivity index (χ4v) is 2.23. The van der Waals surface area contributed by atoms with Crippen LogP contribution >= 0.6 is 15.9 Å². The van der Waals surface area contributed by atoms with Gasteiger partial charge in [0.05, 0.1) is 5.92 Å². The predicted octanol–water partition coefficient (Wildman–Crippen LogP) is 2.86. The van der Waals surface area contributed by atoms with E-state index in [1.54, 1.807) is 0 Å². The molecule has 0 aliphatic heterocycles. The Morgan fingerprint density at radius 1 is 1.58 bits per heavy atom. The summed E-state index contributed by atoms with van der Waals surface area (Å²) in [4.78, 5) is 12.1. The van der Waals surface area contributed by atoms with Gasteiger partial charge in [0.1, 0.15) is 0 Å². The molecule has 0 saturated carbocycles. The molecule has 19 heavy (non-hydrogen) atoms. The smallest absolute Gasteiger partial charge is 0.235 e. The van der Waals surface area contributed by atoms with Crippen molar-refractivity contribution in [3.63, 3.8) is 0 Å². The molecule has 4 N–H and O–H groups in total. The first-order valence-electron chi connectivity index (χ1n) is 6.04. The van der Waals surface area contributed by atoms with Gasteiger partial charge in [0.15, 0.2) is 5.84 Å². The molecule has 1 atom stereocenters. The quantitative estimate of drug-likeness (QED) is 0.336. The minimum atomic E-state index is -0.613. The molecule has 104 valence electrons. The van der Waals surface area contributed by atoms with Gasteiger partial charge in [-0.25, -0.2) is 0 Å². The molecule has 5 nitrogen and oxygen atoms in total. The van der Waals surface area contributed by atoms with E-state index >= 15 is 0 Å². The summed E-state index contributed by atoms with van der Waals surface area (Å²) < 4.78 is 0.949. The van der Waals surface area contributed by atoms with E-state index in [0.717, 1.165) is 22.1 Å². The second-order valence-corrected chi connectivity index (χ2v) is 5.23. The van der Waals surface area contributed by atoms with Crippen LogP contribution in [0, 0.1) is 12.8 Å². The highest BCUT2D eigenvalue weighted by atomic mass is 79.9. The summed E-state index contributed by atoms with van der Waals surface area (Å²) in [5, 5.41) is 14.5. The molecule has 1 unspecified atom stereocenters.